The van der Waals surface area contributed by atoms with E-state index in [1.54, 1.807) is 0 Å². The number of allylic oxidation sites excluding steroid dienone is 1. The molecule has 1 nitrogen and oxygen atoms in total. The van der Waals surface area contributed by atoms with Crippen molar-refractivity contribution in [3.8, 4) is 12.3 Å². The number of rotatable bonds is 0. The summed E-state index contributed by atoms with van der Waals surface area (Å²) >= 11 is 0. The quantitative estimate of drug-likeness (QED) is 0.592. The van der Waals surface area contributed by atoms with E-state index in [0.717, 1.165) is 32.1 Å². The fraction of sp³-hybridized carbons (Fsp3) is 0.762. The predicted octanol–water partition coefficient (Wildman–Crippen LogP) is 4.72. The van der Waals surface area contributed by atoms with Crippen LogP contribution in [0.3, 0.4) is 0 Å². The van der Waals surface area contributed by atoms with E-state index < -0.39 is 5.67 Å². The topological polar surface area (TPSA) is 17.1 Å². The Morgan fingerprint density at radius 1 is 1.30 bits per heavy atom. The van der Waals surface area contributed by atoms with E-state index >= 15 is 4.39 Å². The van der Waals surface area contributed by atoms with Gasteiger partial charge in [-0.2, -0.15) is 0 Å². The first kappa shape index (κ1) is 15.4. The van der Waals surface area contributed by atoms with Crippen LogP contribution in [0, 0.1) is 47.3 Å². The van der Waals surface area contributed by atoms with Crippen molar-refractivity contribution in [2.75, 3.05) is 0 Å². The summed E-state index contributed by atoms with van der Waals surface area (Å²) in [5.74, 6) is 5.57. The summed E-state index contributed by atoms with van der Waals surface area (Å²) in [6, 6.07) is 0. The highest BCUT2D eigenvalue weighted by molar-refractivity contribution is 5.91. The number of hydrogen-bond acceptors (Lipinski definition) is 1. The molecule has 3 saturated carbocycles. The molecule has 2 heteroatoms. The van der Waals surface area contributed by atoms with E-state index in [-0.39, 0.29) is 5.41 Å². The zero-order valence-corrected chi connectivity index (χ0v) is 14.3. The van der Waals surface area contributed by atoms with Crippen LogP contribution >= 0.6 is 0 Å². The number of hydrogen-bond donors (Lipinski definition) is 0. The Bertz CT molecular complexity index is 614. The molecule has 0 aromatic carbocycles. The summed E-state index contributed by atoms with van der Waals surface area (Å²) in [5, 5.41) is 0. The molecule has 0 bridgehead atoms. The van der Waals surface area contributed by atoms with Gasteiger partial charge in [0, 0.05) is 11.8 Å². The van der Waals surface area contributed by atoms with E-state index in [0.29, 0.717) is 48.2 Å². The van der Waals surface area contributed by atoms with Crippen LogP contribution in [0.4, 0.5) is 4.39 Å². The highest BCUT2D eigenvalue weighted by Gasteiger charge is 2.64. The van der Waals surface area contributed by atoms with Crippen LogP contribution < -0.4 is 0 Å². The lowest BCUT2D eigenvalue weighted by Gasteiger charge is -2.56. The van der Waals surface area contributed by atoms with Gasteiger partial charge in [-0.25, -0.2) is 4.39 Å². The van der Waals surface area contributed by atoms with Gasteiger partial charge in [0.1, 0.15) is 0 Å². The Balaban J connectivity index is 1.70. The van der Waals surface area contributed by atoms with Crippen LogP contribution in [0.1, 0.15) is 58.8 Å². The Kier molecular flexibility index (Phi) is 3.32. The van der Waals surface area contributed by atoms with Gasteiger partial charge in [-0.15, -0.1) is 6.42 Å². The van der Waals surface area contributed by atoms with E-state index in [9.17, 15) is 4.79 Å². The fourth-order valence-corrected chi connectivity index (χ4v) is 6.81. The molecule has 0 radical (unpaired) electrons. The molecule has 0 aliphatic heterocycles. The summed E-state index contributed by atoms with van der Waals surface area (Å²) < 4.78 is 15.3. The van der Waals surface area contributed by atoms with E-state index in [4.69, 9.17) is 6.42 Å². The van der Waals surface area contributed by atoms with Crippen LogP contribution in [0.5, 0.6) is 0 Å². The first-order valence-electron chi connectivity index (χ1n) is 9.29. The Labute approximate surface area is 139 Å². The van der Waals surface area contributed by atoms with Gasteiger partial charge in [-0.3, -0.25) is 4.79 Å². The lowest BCUT2D eigenvalue weighted by Crippen LogP contribution is -2.52. The van der Waals surface area contributed by atoms with Crippen molar-refractivity contribution in [1.29, 1.82) is 0 Å². The summed E-state index contributed by atoms with van der Waals surface area (Å²) in [6.45, 7) is 4.43. The molecule has 4 aliphatic rings. The van der Waals surface area contributed by atoms with Gasteiger partial charge in [0.2, 0.25) is 0 Å². The first-order valence-corrected chi connectivity index (χ1v) is 9.29. The zero-order valence-electron chi connectivity index (χ0n) is 14.3. The van der Waals surface area contributed by atoms with Gasteiger partial charge in [-0.05, 0) is 74.2 Å². The van der Waals surface area contributed by atoms with Crippen LogP contribution in [0.25, 0.3) is 0 Å². The van der Waals surface area contributed by atoms with Crippen LogP contribution in [-0.4, -0.2) is 11.5 Å². The van der Waals surface area contributed by atoms with Crippen LogP contribution in [-0.2, 0) is 4.79 Å². The maximum atomic E-state index is 15.3. The minimum absolute atomic E-state index is 0.304. The Morgan fingerprint density at radius 2 is 2.09 bits per heavy atom. The number of terminal acetylenes is 1. The monoisotopic (exact) mass is 314 g/mol. The molecule has 7 atom stereocenters. The third kappa shape index (κ3) is 1.95. The zero-order chi connectivity index (χ0) is 16.4. The molecule has 0 heterocycles. The summed E-state index contributed by atoms with van der Waals surface area (Å²) in [6.07, 6.45) is 13.7. The lowest BCUT2D eigenvalue weighted by molar-refractivity contribution is -0.116. The van der Waals surface area contributed by atoms with Crippen molar-refractivity contribution >= 4 is 5.78 Å². The molecule has 124 valence electrons. The maximum absolute atomic E-state index is 15.3. The fourth-order valence-electron chi connectivity index (χ4n) is 6.81. The van der Waals surface area contributed by atoms with Crippen molar-refractivity contribution < 1.29 is 9.18 Å². The van der Waals surface area contributed by atoms with Crippen molar-refractivity contribution in [2.45, 2.75) is 64.5 Å². The number of halogens is 1. The van der Waals surface area contributed by atoms with E-state index in [2.05, 4.69) is 19.8 Å². The first-order chi connectivity index (χ1) is 10.9. The third-order valence-electron chi connectivity index (χ3n) is 7.96. The van der Waals surface area contributed by atoms with E-state index in [1.807, 2.05) is 6.08 Å². The maximum Gasteiger partial charge on any atom is 0.176 e. The standard InChI is InChI=1S/C21H27FO/c1-4-21(22)10-8-18-19-13(2)11-14-12-15(23)5-6-16(14)17(19)7-9-20(18,21)3/h1,12-13,16-19H,5-11H2,2-3H3/t13-,16?,17?,18?,19?,20+,21-/m1/s1. The Hall–Kier alpha value is -1.10. The SMILES string of the molecule is C#C[C@@]1(F)CCC2C3C(CC[C@@]21C)C1CCC(=O)C=C1C[C@H]3C. The number of alkyl halides is 1. The van der Waals surface area contributed by atoms with Crippen molar-refractivity contribution in [2.24, 2.45) is 35.0 Å². The number of ketones is 1. The van der Waals surface area contributed by atoms with Gasteiger partial charge >= 0.3 is 0 Å². The molecule has 23 heavy (non-hydrogen) atoms. The molecular weight excluding hydrogens is 287 g/mol. The normalized spacial score (nSPS) is 52.0. The Morgan fingerprint density at radius 3 is 2.83 bits per heavy atom. The molecule has 0 saturated heterocycles. The van der Waals surface area contributed by atoms with Gasteiger partial charge in [0.15, 0.2) is 11.5 Å². The highest BCUT2D eigenvalue weighted by Crippen LogP contribution is 2.66. The molecule has 4 unspecified atom stereocenters. The number of carbonyl (C=O) groups excluding carboxylic acids is 1. The second kappa shape index (κ2) is 4.95. The average molecular weight is 314 g/mol. The minimum atomic E-state index is -1.42. The number of carbonyl (C=O) groups is 1. The molecule has 0 aromatic rings. The molecule has 4 rings (SSSR count). The van der Waals surface area contributed by atoms with Gasteiger partial charge in [0.05, 0.1) is 0 Å². The predicted molar refractivity (Wildman–Crippen MR) is 89.3 cm³/mol. The van der Waals surface area contributed by atoms with Crippen molar-refractivity contribution in [3.63, 3.8) is 0 Å². The largest absolute Gasteiger partial charge is 0.295 e. The van der Waals surface area contributed by atoms with Crippen molar-refractivity contribution in [1.82, 2.24) is 0 Å². The van der Waals surface area contributed by atoms with Gasteiger partial charge in [-0.1, -0.05) is 25.3 Å². The summed E-state index contributed by atoms with van der Waals surface area (Å²) in [7, 11) is 0. The molecule has 0 amide bonds. The minimum Gasteiger partial charge on any atom is -0.295 e. The molecule has 0 aromatic heterocycles. The second-order valence-electron chi connectivity index (χ2n) is 8.80. The molecule has 4 aliphatic carbocycles. The summed E-state index contributed by atoms with van der Waals surface area (Å²) in [4.78, 5) is 11.8. The van der Waals surface area contributed by atoms with Crippen molar-refractivity contribution in [3.05, 3.63) is 11.6 Å². The smallest absolute Gasteiger partial charge is 0.176 e. The molecule has 0 spiro atoms. The average Bonchev–Trinajstić information content (AvgIpc) is 2.79. The van der Waals surface area contributed by atoms with Gasteiger partial charge in [0.25, 0.3) is 0 Å². The molecular formula is C21H27FO. The highest BCUT2D eigenvalue weighted by atomic mass is 19.1. The summed E-state index contributed by atoms with van der Waals surface area (Å²) in [5.41, 5.74) is -0.371. The van der Waals surface area contributed by atoms with Crippen LogP contribution in [0.2, 0.25) is 0 Å². The molecule has 0 N–H and O–H groups in total. The third-order valence-corrected chi connectivity index (χ3v) is 7.96. The van der Waals surface area contributed by atoms with E-state index in [1.165, 1.54) is 5.57 Å². The van der Waals surface area contributed by atoms with Crippen LogP contribution in [0.15, 0.2) is 11.6 Å². The second-order valence-corrected chi connectivity index (χ2v) is 8.80. The van der Waals surface area contributed by atoms with Gasteiger partial charge < -0.3 is 0 Å². The lowest BCUT2D eigenvalue weighted by atomic mass is 9.48. The number of fused-ring (bicyclic) bond motifs is 5. The molecule has 3 fully saturated rings.